The number of carbonyl (C=O) groups is 1. The van der Waals surface area contributed by atoms with E-state index in [1.54, 1.807) is 16.7 Å². The molecule has 0 unspecified atom stereocenters. The summed E-state index contributed by atoms with van der Waals surface area (Å²) in [5.74, 6) is 5.73. The van der Waals surface area contributed by atoms with Crippen molar-refractivity contribution in [1.82, 2.24) is 4.57 Å². The largest absolute Gasteiger partial charge is 0.464 e. The maximum Gasteiger partial charge on any atom is 0.354 e. The molecule has 3 heteroatoms. The number of ether oxygens (including phenoxy) is 1. The fourth-order valence-corrected chi connectivity index (χ4v) is 1.59. The van der Waals surface area contributed by atoms with Crippen molar-refractivity contribution in [2.24, 2.45) is 0 Å². The minimum absolute atomic E-state index is 0.346. The first-order valence-corrected chi connectivity index (χ1v) is 5.58. The van der Waals surface area contributed by atoms with Crippen LogP contribution in [0.2, 0.25) is 0 Å². The van der Waals surface area contributed by atoms with Crippen LogP contribution in [0.15, 0.2) is 48.7 Å². The third kappa shape index (κ3) is 2.80. The van der Waals surface area contributed by atoms with Crippen LogP contribution in [0.1, 0.15) is 16.1 Å². The Bertz CT molecular complexity index is 588. The molecule has 2 rings (SSSR count). The van der Waals surface area contributed by atoms with Gasteiger partial charge in [-0.2, -0.15) is 0 Å². The first kappa shape index (κ1) is 12.0. The number of hydrogen-bond acceptors (Lipinski definition) is 2. The molecule has 0 bridgehead atoms. The van der Waals surface area contributed by atoms with E-state index in [4.69, 9.17) is 4.74 Å². The number of rotatable bonds is 2. The van der Waals surface area contributed by atoms with Crippen molar-refractivity contribution < 1.29 is 9.53 Å². The van der Waals surface area contributed by atoms with Crippen molar-refractivity contribution in [2.45, 2.75) is 6.54 Å². The van der Waals surface area contributed by atoms with Crippen molar-refractivity contribution in [3.63, 3.8) is 0 Å². The van der Waals surface area contributed by atoms with Gasteiger partial charge in [-0.25, -0.2) is 4.79 Å². The number of carbonyl (C=O) groups excluding carboxylic acids is 1. The van der Waals surface area contributed by atoms with Gasteiger partial charge in [0.15, 0.2) is 0 Å². The van der Waals surface area contributed by atoms with Crippen molar-refractivity contribution >= 4 is 5.97 Å². The molecule has 1 aromatic heterocycles. The maximum absolute atomic E-state index is 11.4. The molecule has 0 radical (unpaired) electrons. The number of benzene rings is 1. The summed E-state index contributed by atoms with van der Waals surface area (Å²) in [7, 11) is 1.37. The Balaban J connectivity index is 2.10. The second-order valence-corrected chi connectivity index (χ2v) is 3.68. The minimum atomic E-state index is -0.346. The zero-order valence-electron chi connectivity index (χ0n) is 10.1. The molecule has 0 fully saturated rings. The van der Waals surface area contributed by atoms with Crippen LogP contribution in [-0.2, 0) is 11.3 Å². The van der Waals surface area contributed by atoms with Crippen LogP contribution in [0.5, 0.6) is 0 Å². The second-order valence-electron chi connectivity index (χ2n) is 3.68. The van der Waals surface area contributed by atoms with Gasteiger partial charge in [0.25, 0.3) is 0 Å². The second kappa shape index (κ2) is 5.74. The van der Waals surface area contributed by atoms with Crippen molar-refractivity contribution in [3.05, 3.63) is 59.9 Å². The van der Waals surface area contributed by atoms with E-state index in [9.17, 15) is 4.79 Å². The van der Waals surface area contributed by atoms with E-state index in [0.717, 1.165) is 5.56 Å². The van der Waals surface area contributed by atoms with E-state index in [-0.39, 0.29) is 5.97 Å². The van der Waals surface area contributed by atoms with Gasteiger partial charge in [0.1, 0.15) is 5.69 Å². The molecular weight excluding hydrogens is 226 g/mol. The highest BCUT2D eigenvalue weighted by atomic mass is 16.5. The lowest BCUT2D eigenvalue weighted by Crippen LogP contribution is -2.09. The lowest BCUT2D eigenvalue weighted by Gasteiger charge is -2.02. The van der Waals surface area contributed by atoms with Gasteiger partial charge in [-0.1, -0.05) is 30.0 Å². The summed E-state index contributed by atoms with van der Waals surface area (Å²) in [6.07, 6.45) is 1.81. The molecule has 2 aromatic rings. The molecular formula is C15H13NO2. The van der Waals surface area contributed by atoms with Gasteiger partial charge in [0, 0.05) is 11.8 Å². The quantitative estimate of drug-likeness (QED) is 0.595. The fraction of sp³-hybridized carbons (Fsp3) is 0.133. The van der Waals surface area contributed by atoms with Crippen molar-refractivity contribution in [3.8, 4) is 11.8 Å². The Morgan fingerprint density at radius 3 is 2.72 bits per heavy atom. The van der Waals surface area contributed by atoms with E-state index in [1.807, 2.05) is 36.5 Å². The molecule has 0 atom stereocenters. The average molecular weight is 239 g/mol. The zero-order valence-corrected chi connectivity index (χ0v) is 10.1. The van der Waals surface area contributed by atoms with Crippen LogP contribution in [0.4, 0.5) is 0 Å². The highest BCUT2D eigenvalue weighted by molar-refractivity contribution is 5.87. The van der Waals surface area contributed by atoms with Crippen LogP contribution in [-0.4, -0.2) is 17.6 Å². The van der Waals surface area contributed by atoms with Crippen LogP contribution >= 0.6 is 0 Å². The van der Waals surface area contributed by atoms with Gasteiger partial charge >= 0.3 is 5.97 Å². The van der Waals surface area contributed by atoms with Gasteiger partial charge in [0.2, 0.25) is 0 Å². The summed E-state index contributed by atoms with van der Waals surface area (Å²) >= 11 is 0. The summed E-state index contributed by atoms with van der Waals surface area (Å²) < 4.78 is 6.46. The molecule has 0 spiro atoms. The molecule has 0 saturated carbocycles. The molecule has 0 N–H and O–H groups in total. The smallest absolute Gasteiger partial charge is 0.354 e. The summed E-state index contributed by atoms with van der Waals surface area (Å²) in [5.41, 5.74) is 1.48. The monoisotopic (exact) mass is 239 g/mol. The first-order valence-electron chi connectivity index (χ1n) is 5.58. The molecule has 1 aromatic carbocycles. The normalized spacial score (nSPS) is 9.39. The predicted octanol–water partition coefficient (Wildman–Crippen LogP) is 2.33. The number of nitrogens with zero attached hydrogens (tertiary/aromatic N) is 1. The standard InChI is InChI=1S/C15H13NO2/c1-18-15(17)14-10-6-12-16(14)11-5-9-13-7-3-2-4-8-13/h2-4,6-8,10,12H,11H2,1H3. The van der Waals surface area contributed by atoms with E-state index >= 15 is 0 Å². The number of hydrogen-bond donors (Lipinski definition) is 0. The number of esters is 1. The van der Waals surface area contributed by atoms with E-state index in [0.29, 0.717) is 12.2 Å². The number of aromatic nitrogens is 1. The molecule has 3 nitrogen and oxygen atoms in total. The highest BCUT2D eigenvalue weighted by Gasteiger charge is 2.09. The average Bonchev–Trinajstić information content (AvgIpc) is 2.87. The van der Waals surface area contributed by atoms with Gasteiger partial charge in [0.05, 0.1) is 13.7 Å². The van der Waals surface area contributed by atoms with E-state index < -0.39 is 0 Å². The molecule has 0 amide bonds. The van der Waals surface area contributed by atoms with Gasteiger partial charge in [-0.15, -0.1) is 0 Å². The predicted molar refractivity (Wildman–Crippen MR) is 69.1 cm³/mol. The van der Waals surface area contributed by atoms with Crippen LogP contribution < -0.4 is 0 Å². The lowest BCUT2D eigenvalue weighted by molar-refractivity contribution is 0.0589. The van der Waals surface area contributed by atoms with E-state index in [1.165, 1.54) is 7.11 Å². The number of methoxy groups -OCH3 is 1. The molecule has 0 aliphatic carbocycles. The van der Waals surface area contributed by atoms with Crippen LogP contribution in [0, 0.1) is 11.8 Å². The maximum atomic E-state index is 11.4. The van der Waals surface area contributed by atoms with Crippen molar-refractivity contribution in [1.29, 1.82) is 0 Å². The SMILES string of the molecule is COC(=O)c1cccn1CC#Cc1ccccc1. The van der Waals surface area contributed by atoms with E-state index in [2.05, 4.69) is 11.8 Å². The molecule has 18 heavy (non-hydrogen) atoms. The first-order chi connectivity index (χ1) is 8.81. The topological polar surface area (TPSA) is 31.2 Å². The highest BCUT2D eigenvalue weighted by Crippen LogP contribution is 2.03. The summed E-state index contributed by atoms with van der Waals surface area (Å²) in [5, 5.41) is 0. The van der Waals surface area contributed by atoms with Gasteiger partial charge < -0.3 is 9.30 Å². The molecule has 0 saturated heterocycles. The zero-order chi connectivity index (χ0) is 12.8. The third-order valence-electron chi connectivity index (χ3n) is 2.48. The van der Waals surface area contributed by atoms with Gasteiger partial charge in [-0.05, 0) is 24.3 Å². The minimum Gasteiger partial charge on any atom is -0.464 e. The summed E-state index contributed by atoms with van der Waals surface area (Å²) in [4.78, 5) is 11.4. The molecule has 90 valence electrons. The molecule has 1 heterocycles. The van der Waals surface area contributed by atoms with Crippen LogP contribution in [0.25, 0.3) is 0 Å². The Morgan fingerprint density at radius 2 is 2.00 bits per heavy atom. The Kier molecular flexibility index (Phi) is 3.83. The Labute approximate surface area is 106 Å². The Hall–Kier alpha value is -2.47. The summed E-state index contributed by atoms with van der Waals surface area (Å²) in [6, 6.07) is 13.3. The molecule has 0 aliphatic rings. The van der Waals surface area contributed by atoms with Crippen molar-refractivity contribution in [2.75, 3.05) is 7.11 Å². The fourth-order valence-electron chi connectivity index (χ4n) is 1.59. The Morgan fingerprint density at radius 1 is 1.22 bits per heavy atom. The van der Waals surface area contributed by atoms with Gasteiger partial charge in [-0.3, -0.25) is 0 Å². The van der Waals surface area contributed by atoms with Crippen LogP contribution in [0.3, 0.4) is 0 Å². The third-order valence-corrected chi connectivity index (χ3v) is 2.48. The summed E-state index contributed by atoms with van der Waals surface area (Å²) in [6.45, 7) is 0.465. The lowest BCUT2D eigenvalue weighted by atomic mass is 10.2. The molecule has 0 aliphatic heterocycles.